The Kier molecular flexibility index (Phi) is 6.07. The van der Waals surface area contributed by atoms with Gasteiger partial charge in [0.05, 0.1) is 19.8 Å². The average molecular weight is 331 g/mol. The third-order valence-electron chi connectivity index (χ3n) is 4.78. The van der Waals surface area contributed by atoms with E-state index in [1.54, 1.807) is 0 Å². The minimum Gasteiger partial charge on any atom is -0.378 e. The van der Waals surface area contributed by atoms with E-state index in [9.17, 15) is 0 Å². The second-order valence-corrected chi connectivity index (χ2v) is 6.67. The van der Waals surface area contributed by atoms with E-state index in [-0.39, 0.29) is 0 Å². The van der Waals surface area contributed by atoms with E-state index in [2.05, 4.69) is 51.0 Å². The van der Waals surface area contributed by atoms with Crippen molar-refractivity contribution in [3.05, 3.63) is 35.4 Å². The SMILES string of the molecule is CN1CCN(Cc2ccc(CN=C(N)N3CCOCC3)cc2)CC1. The summed E-state index contributed by atoms with van der Waals surface area (Å²) in [6, 6.07) is 8.77. The Morgan fingerprint density at radius 3 is 2.29 bits per heavy atom. The van der Waals surface area contributed by atoms with Crippen molar-refractivity contribution in [1.82, 2.24) is 14.7 Å². The molecule has 2 N–H and O–H groups in total. The first-order valence-corrected chi connectivity index (χ1v) is 8.82. The normalized spacial score (nSPS) is 21.2. The van der Waals surface area contributed by atoms with Gasteiger partial charge in [-0.15, -0.1) is 0 Å². The summed E-state index contributed by atoms with van der Waals surface area (Å²) in [5.74, 6) is 0.625. The molecule has 2 aliphatic rings. The van der Waals surface area contributed by atoms with Crippen molar-refractivity contribution in [2.24, 2.45) is 10.7 Å². The minimum absolute atomic E-state index is 0.625. The van der Waals surface area contributed by atoms with Crippen LogP contribution in [-0.4, -0.2) is 80.2 Å². The Hall–Kier alpha value is -1.63. The number of benzene rings is 1. The van der Waals surface area contributed by atoms with Crippen LogP contribution in [0.1, 0.15) is 11.1 Å². The van der Waals surface area contributed by atoms with E-state index >= 15 is 0 Å². The Morgan fingerprint density at radius 2 is 1.62 bits per heavy atom. The van der Waals surface area contributed by atoms with Gasteiger partial charge in [-0.2, -0.15) is 0 Å². The fraction of sp³-hybridized carbons (Fsp3) is 0.611. The van der Waals surface area contributed by atoms with E-state index in [0.29, 0.717) is 12.5 Å². The van der Waals surface area contributed by atoms with Crippen molar-refractivity contribution >= 4 is 5.96 Å². The van der Waals surface area contributed by atoms with Crippen molar-refractivity contribution in [1.29, 1.82) is 0 Å². The van der Waals surface area contributed by atoms with Crippen LogP contribution in [0.2, 0.25) is 0 Å². The standard InChI is InChI=1S/C18H29N5O/c1-21-6-8-22(9-7-21)15-17-4-2-16(3-5-17)14-20-18(19)23-10-12-24-13-11-23/h2-5H,6-15H2,1H3,(H2,19,20). The summed E-state index contributed by atoms with van der Waals surface area (Å²) < 4.78 is 5.34. The highest BCUT2D eigenvalue weighted by atomic mass is 16.5. The van der Waals surface area contributed by atoms with Crippen molar-refractivity contribution in [2.75, 3.05) is 59.5 Å². The highest BCUT2D eigenvalue weighted by molar-refractivity contribution is 5.78. The molecule has 0 amide bonds. The van der Waals surface area contributed by atoms with Crippen LogP contribution in [-0.2, 0) is 17.8 Å². The lowest BCUT2D eigenvalue weighted by atomic mass is 10.1. The van der Waals surface area contributed by atoms with Crippen molar-refractivity contribution < 1.29 is 4.74 Å². The molecule has 6 heteroatoms. The molecule has 0 aromatic heterocycles. The van der Waals surface area contributed by atoms with Gasteiger partial charge in [0.15, 0.2) is 5.96 Å². The Balaban J connectivity index is 1.49. The maximum atomic E-state index is 6.07. The molecule has 24 heavy (non-hydrogen) atoms. The number of piperazine rings is 1. The Labute approximate surface area is 144 Å². The van der Waals surface area contributed by atoms with E-state index in [1.165, 1.54) is 11.1 Å². The third kappa shape index (κ3) is 4.93. The summed E-state index contributed by atoms with van der Waals surface area (Å²) in [5, 5.41) is 0. The van der Waals surface area contributed by atoms with E-state index in [1.807, 2.05) is 0 Å². The third-order valence-corrected chi connectivity index (χ3v) is 4.78. The van der Waals surface area contributed by atoms with Crippen molar-refractivity contribution in [2.45, 2.75) is 13.1 Å². The lowest BCUT2D eigenvalue weighted by Crippen LogP contribution is -2.44. The lowest BCUT2D eigenvalue weighted by Gasteiger charge is -2.32. The number of nitrogens with zero attached hydrogens (tertiary/aromatic N) is 4. The summed E-state index contributed by atoms with van der Waals surface area (Å²) in [4.78, 5) is 11.5. The van der Waals surface area contributed by atoms with Crippen LogP contribution in [0.25, 0.3) is 0 Å². The van der Waals surface area contributed by atoms with Gasteiger partial charge in [-0.05, 0) is 18.2 Å². The van der Waals surface area contributed by atoms with Gasteiger partial charge in [-0.25, -0.2) is 4.99 Å². The molecule has 2 heterocycles. The molecule has 1 aromatic rings. The van der Waals surface area contributed by atoms with Gasteiger partial charge >= 0.3 is 0 Å². The number of nitrogens with two attached hydrogens (primary N) is 1. The maximum Gasteiger partial charge on any atom is 0.191 e. The highest BCUT2D eigenvalue weighted by Crippen LogP contribution is 2.10. The first-order chi connectivity index (χ1) is 11.7. The number of morpholine rings is 1. The summed E-state index contributed by atoms with van der Waals surface area (Å²) in [7, 11) is 2.19. The summed E-state index contributed by atoms with van der Waals surface area (Å²) >= 11 is 0. The number of aliphatic imine (C=N–C) groups is 1. The largest absolute Gasteiger partial charge is 0.378 e. The molecular formula is C18H29N5O. The minimum atomic E-state index is 0.625. The number of hydrogen-bond donors (Lipinski definition) is 1. The number of guanidine groups is 1. The molecule has 132 valence electrons. The van der Waals surface area contributed by atoms with Crippen LogP contribution in [0.3, 0.4) is 0 Å². The van der Waals surface area contributed by atoms with Gasteiger partial charge in [0.2, 0.25) is 0 Å². The van der Waals surface area contributed by atoms with Gasteiger partial charge in [-0.1, -0.05) is 24.3 Å². The molecule has 0 aliphatic carbocycles. The molecule has 0 spiro atoms. The van der Waals surface area contributed by atoms with Gasteiger partial charge in [0.25, 0.3) is 0 Å². The molecule has 1 aromatic carbocycles. The first kappa shape index (κ1) is 17.2. The van der Waals surface area contributed by atoms with Crippen LogP contribution in [0.15, 0.2) is 29.3 Å². The monoisotopic (exact) mass is 331 g/mol. The molecule has 2 fully saturated rings. The first-order valence-electron chi connectivity index (χ1n) is 8.82. The van der Waals surface area contributed by atoms with Crippen LogP contribution < -0.4 is 5.73 Å². The number of ether oxygens (including phenoxy) is 1. The molecule has 2 aliphatic heterocycles. The van der Waals surface area contributed by atoms with Gasteiger partial charge in [0.1, 0.15) is 0 Å². The van der Waals surface area contributed by atoms with Crippen LogP contribution in [0.4, 0.5) is 0 Å². The molecular weight excluding hydrogens is 302 g/mol. The molecule has 0 bridgehead atoms. The molecule has 2 saturated heterocycles. The van der Waals surface area contributed by atoms with Crippen LogP contribution in [0.5, 0.6) is 0 Å². The molecule has 0 atom stereocenters. The molecule has 6 nitrogen and oxygen atoms in total. The second kappa shape index (κ2) is 8.46. The summed E-state index contributed by atoms with van der Waals surface area (Å²) in [5.41, 5.74) is 8.64. The van der Waals surface area contributed by atoms with Crippen LogP contribution >= 0.6 is 0 Å². The maximum absolute atomic E-state index is 6.07. The topological polar surface area (TPSA) is 57.3 Å². The summed E-state index contributed by atoms with van der Waals surface area (Å²) in [6.45, 7) is 9.43. The Morgan fingerprint density at radius 1 is 1.00 bits per heavy atom. The van der Waals surface area contributed by atoms with Crippen molar-refractivity contribution in [3.8, 4) is 0 Å². The lowest BCUT2D eigenvalue weighted by molar-refractivity contribution is 0.0674. The fourth-order valence-corrected chi connectivity index (χ4v) is 3.08. The summed E-state index contributed by atoms with van der Waals surface area (Å²) in [6.07, 6.45) is 0. The zero-order valence-electron chi connectivity index (χ0n) is 14.7. The quantitative estimate of drug-likeness (QED) is 0.646. The zero-order chi connectivity index (χ0) is 16.8. The number of likely N-dealkylation sites (N-methyl/N-ethyl adjacent to an activating group) is 1. The smallest absolute Gasteiger partial charge is 0.191 e. The number of hydrogen-bond acceptors (Lipinski definition) is 4. The second-order valence-electron chi connectivity index (χ2n) is 6.67. The van der Waals surface area contributed by atoms with E-state index in [0.717, 1.165) is 59.0 Å². The number of rotatable bonds is 4. The Bertz CT molecular complexity index is 531. The molecule has 0 radical (unpaired) electrons. The predicted octanol–water partition coefficient (Wildman–Crippen LogP) is 0.581. The molecule has 0 saturated carbocycles. The van der Waals surface area contributed by atoms with E-state index in [4.69, 9.17) is 10.5 Å². The van der Waals surface area contributed by atoms with Gasteiger partial charge < -0.3 is 20.3 Å². The highest BCUT2D eigenvalue weighted by Gasteiger charge is 2.14. The predicted molar refractivity (Wildman–Crippen MR) is 96.9 cm³/mol. The average Bonchev–Trinajstić information content (AvgIpc) is 2.63. The van der Waals surface area contributed by atoms with Crippen LogP contribution in [0, 0.1) is 0 Å². The van der Waals surface area contributed by atoms with Gasteiger partial charge in [0, 0.05) is 45.8 Å². The van der Waals surface area contributed by atoms with Gasteiger partial charge in [-0.3, -0.25) is 4.90 Å². The van der Waals surface area contributed by atoms with Crippen molar-refractivity contribution in [3.63, 3.8) is 0 Å². The fourth-order valence-electron chi connectivity index (χ4n) is 3.08. The molecule has 0 unspecified atom stereocenters. The zero-order valence-corrected chi connectivity index (χ0v) is 14.7. The van der Waals surface area contributed by atoms with E-state index < -0.39 is 0 Å². The molecule has 3 rings (SSSR count).